The smallest absolute Gasteiger partial charge is 0.225 e. The zero-order valence-electron chi connectivity index (χ0n) is 16.1. The van der Waals surface area contributed by atoms with E-state index in [9.17, 15) is 17.8 Å². The van der Waals surface area contributed by atoms with Crippen LogP contribution in [0.15, 0.2) is 0 Å². The Morgan fingerprint density at radius 3 is 2.04 bits per heavy atom. The van der Waals surface area contributed by atoms with Gasteiger partial charge in [-0.3, -0.25) is 4.79 Å². The molecular weight excluding hydrogens is 328 g/mol. The molecule has 0 radical (unpaired) electrons. The molecule has 0 aliphatic rings. The second-order valence-electron chi connectivity index (χ2n) is 7.24. The first-order valence-corrected chi connectivity index (χ1v) is 10.7. The number of rotatable bonds is 13. The number of carbonyl (C=O) groups excluding carboxylic acids is 1. The average molecular weight is 365 g/mol. The SMILES string of the molecule is CCC(C)(C)C(=O)NCCC[N+](CC)(CC)CCCCS(=O)(=O)[O-]. The van der Waals surface area contributed by atoms with E-state index in [0.717, 1.165) is 49.9 Å². The molecule has 0 aliphatic heterocycles. The van der Waals surface area contributed by atoms with E-state index in [-0.39, 0.29) is 17.1 Å². The van der Waals surface area contributed by atoms with Crippen LogP contribution in [0.5, 0.6) is 0 Å². The number of unbranched alkanes of at least 4 members (excludes halogenated alkanes) is 1. The van der Waals surface area contributed by atoms with Gasteiger partial charge in [-0.2, -0.15) is 0 Å². The molecule has 0 spiro atoms. The highest BCUT2D eigenvalue weighted by molar-refractivity contribution is 7.85. The highest BCUT2D eigenvalue weighted by Gasteiger charge is 2.26. The monoisotopic (exact) mass is 364 g/mol. The van der Waals surface area contributed by atoms with Crippen LogP contribution in [0, 0.1) is 5.41 Å². The fraction of sp³-hybridized carbons (Fsp3) is 0.941. The Labute approximate surface area is 148 Å². The van der Waals surface area contributed by atoms with E-state index >= 15 is 0 Å². The summed E-state index contributed by atoms with van der Waals surface area (Å²) in [6.07, 6.45) is 2.87. The Morgan fingerprint density at radius 1 is 1.04 bits per heavy atom. The molecule has 0 aliphatic carbocycles. The highest BCUT2D eigenvalue weighted by Crippen LogP contribution is 2.19. The number of quaternary nitrogens is 1. The molecule has 1 amide bonds. The van der Waals surface area contributed by atoms with Gasteiger partial charge in [-0.15, -0.1) is 0 Å². The van der Waals surface area contributed by atoms with Gasteiger partial charge >= 0.3 is 0 Å². The summed E-state index contributed by atoms with van der Waals surface area (Å²) in [5, 5.41) is 3.01. The predicted octanol–water partition coefficient (Wildman–Crippen LogP) is 2.11. The minimum absolute atomic E-state index is 0.0942. The number of amides is 1. The van der Waals surface area contributed by atoms with Gasteiger partial charge < -0.3 is 14.4 Å². The van der Waals surface area contributed by atoms with Crippen LogP contribution >= 0.6 is 0 Å². The van der Waals surface area contributed by atoms with Crippen LogP contribution in [0.4, 0.5) is 0 Å². The van der Waals surface area contributed by atoms with Crippen molar-refractivity contribution in [2.24, 2.45) is 5.41 Å². The lowest BCUT2D eigenvalue weighted by Gasteiger charge is -2.37. The van der Waals surface area contributed by atoms with Crippen molar-refractivity contribution in [2.45, 2.75) is 60.3 Å². The molecule has 0 aromatic rings. The number of hydrogen-bond donors (Lipinski definition) is 1. The molecule has 7 heteroatoms. The third kappa shape index (κ3) is 8.99. The lowest BCUT2D eigenvalue weighted by molar-refractivity contribution is -0.925. The standard InChI is InChI=1S/C17H36N2O4S/c1-6-17(4,5)16(20)18-12-11-14-19(7-2,8-3)13-9-10-15-24(21,22)23/h6-15H2,1-5H3,(H-,18,20,21,22,23). The Hall–Kier alpha value is -0.660. The Bertz CT molecular complexity index is 471. The van der Waals surface area contributed by atoms with Crippen LogP contribution in [-0.2, 0) is 14.9 Å². The van der Waals surface area contributed by atoms with Crippen molar-refractivity contribution in [3.63, 3.8) is 0 Å². The van der Waals surface area contributed by atoms with Crippen molar-refractivity contribution in [2.75, 3.05) is 38.5 Å². The lowest BCUT2D eigenvalue weighted by atomic mass is 9.89. The highest BCUT2D eigenvalue weighted by atomic mass is 32.2. The first-order chi connectivity index (χ1) is 11.0. The van der Waals surface area contributed by atoms with Crippen molar-refractivity contribution in [1.29, 1.82) is 0 Å². The molecule has 0 unspecified atom stereocenters. The van der Waals surface area contributed by atoms with Crippen LogP contribution in [0.25, 0.3) is 0 Å². The average Bonchev–Trinajstić information content (AvgIpc) is 2.52. The van der Waals surface area contributed by atoms with Crippen LogP contribution in [0.3, 0.4) is 0 Å². The molecule has 0 aromatic carbocycles. The molecular formula is C17H36N2O4S. The second kappa shape index (κ2) is 10.4. The van der Waals surface area contributed by atoms with Gasteiger partial charge in [0.25, 0.3) is 0 Å². The number of nitrogens with one attached hydrogen (secondary N) is 1. The van der Waals surface area contributed by atoms with E-state index in [1.54, 1.807) is 0 Å². The zero-order valence-corrected chi connectivity index (χ0v) is 16.9. The van der Waals surface area contributed by atoms with E-state index in [0.29, 0.717) is 13.0 Å². The fourth-order valence-corrected chi connectivity index (χ4v) is 3.27. The van der Waals surface area contributed by atoms with Gasteiger partial charge in [0.1, 0.15) is 0 Å². The first kappa shape index (κ1) is 23.3. The Balaban J connectivity index is 4.30. The summed E-state index contributed by atoms with van der Waals surface area (Å²) in [4.78, 5) is 12.1. The summed E-state index contributed by atoms with van der Waals surface area (Å²) in [7, 11) is -4.11. The first-order valence-electron chi connectivity index (χ1n) is 9.09. The maximum absolute atomic E-state index is 12.1. The van der Waals surface area contributed by atoms with E-state index in [4.69, 9.17) is 0 Å². The summed E-state index contributed by atoms with van der Waals surface area (Å²) in [5.41, 5.74) is -0.328. The minimum Gasteiger partial charge on any atom is -0.748 e. The van der Waals surface area contributed by atoms with E-state index in [1.807, 2.05) is 20.8 Å². The molecule has 24 heavy (non-hydrogen) atoms. The van der Waals surface area contributed by atoms with Crippen molar-refractivity contribution >= 4 is 16.0 Å². The summed E-state index contributed by atoms with van der Waals surface area (Å²) < 4.78 is 32.9. The summed E-state index contributed by atoms with van der Waals surface area (Å²) in [6.45, 7) is 14.6. The quantitative estimate of drug-likeness (QED) is 0.308. The molecule has 144 valence electrons. The van der Waals surface area contributed by atoms with Crippen molar-refractivity contribution in [3.8, 4) is 0 Å². The minimum atomic E-state index is -4.11. The number of nitrogens with zero attached hydrogens (tertiary/aromatic N) is 1. The largest absolute Gasteiger partial charge is 0.748 e. The molecule has 0 bridgehead atoms. The van der Waals surface area contributed by atoms with Gasteiger partial charge in [-0.25, -0.2) is 8.42 Å². The van der Waals surface area contributed by atoms with Crippen LogP contribution in [-0.4, -0.2) is 61.8 Å². The summed E-state index contributed by atoms with van der Waals surface area (Å²) in [5.74, 6) is -0.181. The number of hydrogen-bond acceptors (Lipinski definition) is 4. The number of carbonyl (C=O) groups is 1. The molecule has 0 saturated heterocycles. The van der Waals surface area contributed by atoms with Gasteiger partial charge in [0.05, 0.1) is 36.3 Å². The molecule has 0 rings (SSSR count). The zero-order chi connectivity index (χ0) is 18.9. The van der Waals surface area contributed by atoms with Crippen LogP contribution in [0.1, 0.15) is 60.3 Å². The second-order valence-corrected chi connectivity index (χ2v) is 8.76. The maximum atomic E-state index is 12.1. The third-order valence-corrected chi connectivity index (χ3v) is 6.00. The van der Waals surface area contributed by atoms with E-state index in [1.165, 1.54) is 0 Å². The van der Waals surface area contributed by atoms with E-state index < -0.39 is 10.1 Å². The third-order valence-electron chi connectivity index (χ3n) is 5.21. The summed E-state index contributed by atoms with van der Waals surface area (Å²) >= 11 is 0. The molecule has 0 atom stereocenters. The Kier molecular flexibility index (Phi) is 10.1. The van der Waals surface area contributed by atoms with Gasteiger partial charge in [-0.05, 0) is 33.1 Å². The predicted molar refractivity (Wildman–Crippen MR) is 96.6 cm³/mol. The van der Waals surface area contributed by atoms with Crippen molar-refractivity contribution in [1.82, 2.24) is 5.32 Å². The van der Waals surface area contributed by atoms with Crippen LogP contribution < -0.4 is 5.32 Å². The van der Waals surface area contributed by atoms with Gasteiger partial charge in [0, 0.05) is 24.1 Å². The van der Waals surface area contributed by atoms with Gasteiger partial charge in [-0.1, -0.05) is 20.8 Å². The normalized spacial score (nSPS) is 13.1. The lowest BCUT2D eigenvalue weighted by Crippen LogP contribution is -2.50. The molecule has 1 N–H and O–H groups in total. The topological polar surface area (TPSA) is 86.3 Å². The Morgan fingerprint density at radius 2 is 1.58 bits per heavy atom. The molecule has 6 nitrogen and oxygen atoms in total. The van der Waals surface area contributed by atoms with E-state index in [2.05, 4.69) is 19.2 Å². The molecule has 0 heterocycles. The summed E-state index contributed by atoms with van der Waals surface area (Å²) in [6, 6.07) is 0. The fourth-order valence-electron chi connectivity index (χ4n) is 2.71. The molecule has 0 saturated carbocycles. The van der Waals surface area contributed by atoms with Crippen LogP contribution in [0.2, 0.25) is 0 Å². The molecule has 0 fully saturated rings. The van der Waals surface area contributed by atoms with Crippen molar-refractivity contribution < 1.29 is 22.2 Å². The van der Waals surface area contributed by atoms with Gasteiger partial charge in [0.2, 0.25) is 5.91 Å². The van der Waals surface area contributed by atoms with Gasteiger partial charge in [0.15, 0.2) is 0 Å². The molecule has 0 aromatic heterocycles. The maximum Gasteiger partial charge on any atom is 0.225 e. The van der Waals surface area contributed by atoms with Crippen molar-refractivity contribution in [3.05, 3.63) is 0 Å².